The van der Waals surface area contributed by atoms with Gasteiger partial charge in [0.2, 0.25) is 0 Å². The molecular formula is C21H17ClN6O5S2. The Hall–Kier alpha value is -3.68. The van der Waals surface area contributed by atoms with E-state index in [1.165, 1.54) is 30.5 Å². The number of hydrogen-bond donors (Lipinski definition) is 4. The first kappa shape index (κ1) is 23.1. The second kappa shape index (κ2) is 8.83. The molecule has 4 N–H and O–H groups in total. The highest BCUT2D eigenvalue weighted by molar-refractivity contribution is 7.92. The van der Waals surface area contributed by atoms with E-state index in [9.17, 15) is 22.8 Å². The van der Waals surface area contributed by atoms with Crippen LogP contribution >= 0.6 is 22.9 Å². The van der Waals surface area contributed by atoms with Crippen molar-refractivity contribution in [3.63, 3.8) is 0 Å². The number of urea groups is 1. The Balaban J connectivity index is 1.35. The predicted octanol–water partition coefficient (Wildman–Crippen LogP) is 2.87. The lowest BCUT2D eigenvalue weighted by atomic mass is 10.2. The summed E-state index contributed by atoms with van der Waals surface area (Å²) in [6.45, 7) is 0. The third-order valence-electron chi connectivity index (χ3n) is 5.12. The molecule has 11 nitrogen and oxygen atoms in total. The van der Waals surface area contributed by atoms with Crippen molar-refractivity contribution in [2.24, 2.45) is 0 Å². The van der Waals surface area contributed by atoms with E-state index in [1.807, 2.05) is 4.72 Å². The van der Waals surface area contributed by atoms with Crippen LogP contribution in [0.4, 0.5) is 16.2 Å². The van der Waals surface area contributed by atoms with Gasteiger partial charge < -0.3 is 15.6 Å². The van der Waals surface area contributed by atoms with Gasteiger partial charge in [-0.05, 0) is 55.3 Å². The maximum absolute atomic E-state index is 13.0. The first-order chi connectivity index (χ1) is 16.7. The van der Waals surface area contributed by atoms with E-state index in [1.54, 1.807) is 18.2 Å². The molecule has 0 radical (unpaired) electrons. The minimum Gasteiger partial charge on any atom is -0.382 e. The summed E-state index contributed by atoms with van der Waals surface area (Å²) in [6, 6.07) is 9.97. The minimum absolute atomic E-state index is 0.0325. The Morgan fingerprint density at radius 3 is 2.54 bits per heavy atom. The number of H-pyrrole nitrogens is 1. The number of aromatic nitrogens is 3. The van der Waals surface area contributed by atoms with Crippen LogP contribution in [0.2, 0.25) is 4.34 Å². The van der Waals surface area contributed by atoms with Crippen molar-refractivity contribution in [3.8, 4) is 5.82 Å². The van der Waals surface area contributed by atoms with Crippen LogP contribution in [0, 0.1) is 0 Å². The standard InChI is InChI=1S/C21H17ClN6O5S2/c22-16-6-8-18(34-16)35(32,33)27-20(30)25-13-4-7-17(23-10-13)28-19(29)14-5-3-12(24-11-1-2-11)9-15(14)26-21(28)31/h3-11,24H,1-2H2,(H,26,31)(H2,25,27,30). The maximum Gasteiger partial charge on any atom is 0.334 e. The Bertz CT molecular complexity index is 1670. The fraction of sp³-hybridized carbons (Fsp3) is 0.143. The van der Waals surface area contributed by atoms with Crippen molar-refractivity contribution in [2.45, 2.75) is 23.1 Å². The van der Waals surface area contributed by atoms with Crippen LogP contribution in [-0.2, 0) is 10.0 Å². The van der Waals surface area contributed by atoms with Gasteiger partial charge in [-0.15, -0.1) is 11.3 Å². The number of halogens is 1. The summed E-state index contributed by atoms with van der Waals surface area (Å²) >= 11 is 6.55. The van der Waals surface area contributed by atoms with Crippen LogP contribution in [0.15, 0.2) is 62.5 Å². The van der Waals surface area contributed by atoms with Gasteiger partial charge in [0.25, 0.3) is 15.6 Å². The highest BCUT2D eigenvalue weighted by Gasteiger charge is 2.22. The summed E-state index contributed by atoms with van der Waals surface area (Å²) in [5.41, 5.74) is 0.159. The van der Waals surface area contributed by atoms with E-state index in [0.717, 1.165) is 34.4 Å². The molecule has 3 heterocycles. The highest BCUT2D eigenvalue weighted by Crippen LogP contribution is 2.26. The second-order valence-corrected chi connectivity index (χ2v) is 11.4. The van der Waals surface area contributed by atoms with Gasteiger partial charge in [0.1, 0.15) is 10.0 Å². The Morgan fingerprint density at radius 1 is 1.11 bits per heavy atom. The predicted molar refractivity (Wildman–Crippen MR) is 133 cm³/mol. The molecule has 1 fully saturated rings. The number of amides is 2. The van der Waals surface area contributed by atoms with Gasteiger partial charge in [0, 0.05) is 11.7 Å². The molecule has 0 spiro atoms. The van der Waals surface area contributed by atoms with E-state index in [-0.39, 0.29) is 20.1 Å². The number of sulfonamides is 1. The minimum atomic E-state index is -4.09. The summed E-state index contributed by atoms with van der Waals surface area (Å²) in [4.78, 5) is 44.5. The topological polar surface area (TPSA) is 155 Å². The number of fused-ring (bicyclic) bond motifs is 1. The van der Waals surface area contributed by atoms with Gasteiger partial charge >= 0.3 is 11.7 Å². The second-order valence-electron chi connectivity index (χ2n) is 7.77. The molecule has 1 aliphatic rings. The summed E-state index contributed by atoms with van der Waals surface area (Å²) in [6.07, 6.45) is 3.38. The molecule has 1 saturated carbocycles. The number of benzene rings is 1. The van der Waals surface area contributed by atoms with E-state index in [4.69, 9.17) is 11.6 Å². The molecule has 1 aromatic carbocycles. The number of hydrogen-bond acceptors (Lipinski definition) is 8. The molecule has 1 aliphatic carbocycles. The average Bonchev–Trinajstić information content (AvgIpc) is 3.49. The van der Waals surface area contributed by atoms with Crippen LogP contribution in [0.5, 0.6) is 0 Å². The van der Waals surface area contributed by atoms with Crippen LogP contribution in [0.25, 0.3) is 16.7 Å². The summed E-state index contributed by atoms with van der Waals surface area (Å²) in [5.74, 6) is 0.0325. The smallest absolute Gasteiger partial charge is 0.334 e. The van der Waals surface area contributed by atoms with Gasteiger partial charge in [-0.2, -0.15) is 0 Å². The number of carbonyl (C=O) groups excluding carboxylic acids is 1. The number of anilines is 2. The SMILES string of the molecule is O=C(Nc1ccc(-n2c(=O)[nH]c3cc(NC4CC4)ccc3c2=O)nc1)NS(=O)(=O)c1ccc(Cl)s1. The van der Waals surface area contributed by atoms with Crippen LogP contribution in [0.3, 0.4) is 0 Å². The van der Waals surface area contributed by atoms with Crippen LogP contribution < -0.4 is 26.6 Å². The summed E-state index contributed by atoms with van der Waals surface area (Å²) < 4.78 is 27.4. The van der Waals surface area contributed by atoms with E-state index >= 15 is 0 Å². The lowest BCUT2D eigenvalue weighted by molar-refractivity contribution is 0.256. The zero-order valence-corrected chi connectivity index (χ0v) is 20.1. The zero-order chi connectivity index (χ0) is 24.7. The van der Waals surface area contributed by atoms with Crippen molar-refractivity contribution in [2.75, 3.05) is 10.6 Å². The van der Waals surface area contributed by atoms with Crippen molar-refractivity contribution in [3.05, 3.63) is 73.8 Å². The molecule has 0 saturated heterocycles. The van der Waals surface area contributed by atoms with Crippen molar-refractivity contribution in [1.29, 1.82) is 0 Å². The quantitative estimate of drug-likeness (QED) is 0.297. The molecule has 0 bridgehead atoms. The lowest BCUT2D eigenvalue weighted by Gasteiger charge is -2.10. The number of carbonyl (C=O) groups is 1. The number of nitrogens with zero attached hydrogens (tertiary/aromatic N) is 2. The molecule has 0 atom stereocenters. The van der Waals surface area contributed by atoms with E-state index in [0.29, 0.717) is 16.9 Å². The van der Waals surface area contributed by atoms with Crippen molar-refractivity contribution >= 4 is 61.3 Å². The van der Waals surface area contributed by atoms with E-state index in [2.05, 4.69) is 20.6 Å². The number of pyridine rings is 1. The van der Waals surface area contributed by atoms with Gasteiger partial charge in [0.15, 0.2) is 0 Å². The Kier molecular flexibility index (Phi) is 5.83. The van der Waals surface area contributed by atoms with Crippen LogP contribution in [0.1, 0.15) is 12.8 Å². The molecule has 14 heteroatoms. The van der Waals surface area contributed by atoms with E-state index < -0.39 is 27.3 Å². The Labute approximate surface area is 206 Å². The zero-order valence-electron chi connectivity index (χ0n) is 17.7. The third kappa shape index (κ3) is 4.92. The molecular weight excluding hydrogens is 516 g/mol. The molecule has 0 aliphatic heterocycles. The first-order valence-electron chi connectivity index (χ1n) is 10.3. The fourth-order valence-corrected chi connectivity index (χ4v) is 5.73. The maximum atomic E-state index is 13.0. The summed E-state index contributed by atoms with van der Waals surface area (Å²) in [5, 5.41) is 5.97. The molecule has 180 valence electrons. The average molecular weight is 533 g/mol. The number of nitrogens with one attached hydrogen (secondary N) is 4. The van der Waals surface area contributed by atoms with Crippen LogP contribution in [-0.4, -0.2) is 35.0 Å². The first-order valence-corrected chi connectivity index (χ1v) is 13.0. The number of aromatic amines is 1. The van der Waals surface area contributed by atoms with Gasteiger partial charge in [-0.3, -0.25) is 4.79 Å². The lowest BCUT2D eigenvalue weighted by Crippen LogP contribution is -2.35. The molecule has 4 aromatic rings. The summed E-state index contributed by atoms with van der Waals surface area (Å²) in [7, 11) is -4.09. The molecule has 35 heavy (non-hydrogen) atoms. The molecule has 3 aromatic heterocycles. The van der Waals surface area contributed by atoms with Crippen molar-refractivity contribution in [1.82, 2.24) is 19.3 Å². The molecule has 2 amide bonds. The van der Waals surface area contributed by atoms with Gasteiger partial charge in [-0.1, -0.05) is 11.6 Å². The number of rotatable bonds is 6. The number of thiophene rings is 1. The van der Waals surface area contributed by atoms with Gasteiger partial charge in [0.05, 0.1) is 27.1 Å². The molecule has 0 unspecified atom stereocenters. The van der Waals surface area contributed by atoms with Crippen molar-refractivity contribution < 1.29 is 13.2 Å². The largest absolute Gasteiger partial charge is 0.382 e. The third-order valence-corrected chi connectivity index (χ3v) is 8.18. The normalized spacial score (nSPS) is 13.5. The monoisotopic (exact) mass is 532 g/mol. The van der Waals surface area contributed by atoms with Gasteiger partial charge in [-0.25, -0.2) is 32.3 Å². The fourth-order valence-electron chi connectivity index (χ4n) is 3.34. The molecule has 5 rings (SSSR count). The Morgan fingerprint density at radius 2 is 1.89 bits per heavy atom. The highest BCUT2D eigenvalue weighted by atomic mass is 35.5.